The summed E-state index contributed by atoms with van der Waals surface area (Å²) in [7, 11) is 0. The lowest BCUT2D eigenvalue weighted by molar-refractivity contribution is -0.353. The standard InChI is InChI=1S/C32H38O20/c33-7-19-22(40)24(42)27(45)30(50-19)47-9-20-23(41)25(43)29(52-31-26(44)21(39)16(38)8-46-31)32(51-20)49-18-6-12-14(36)4-11(34)5-17(12)48-28(18)10-1-2-13(35)15(37)3-10/h1-6,16,19-27,29-33,38-45H,7-9H2,(H3-,34,35,36,37)/p+1/t16-,19-,20-,21+,22-,23+,24+,25+,26-,27-,29-,30-,31+,32-/m1/s1. The van der Waals surface area contributed by atoms with Crippen molar-refractivity contribution in [3.05, 3.63) is 36.4 Å². The number of aromatic hydroxyl groups is 4. The Morgan fingerprint density at radius 2 is 1.37 bits per heavy atom. The minimum Gasteiger partial charge on any atom is -0.507 e. The molecule has 286 valence electrons. The van der Waals surface area contributed by atoms with Crippen LogP contribution >= 0.6 is 0 Å². The van der Waals surface area contributed by atoms with Crippen LogP contribution in [0.2, 0.25) is 0 Å². The van der Waals surface area contributed by atoms with E-state index in [1.54, 1.807) is 0 Å². The smallest absolute Gasteiger partial charge is 0.402 e. The summed E-state index contributed by atoms with van der Waals surface area (Å²) in [6.07, 6.45) is -24.1. The molecule has 3 aliphatic rings. The van der Waals surface area contributed by atoms with Crippen molar-refractivity contribution in [3.8, 4) is 40.1 Å². The first-order valence-corrected chi connectivity index (χ1v) is 15.9. The lowest BCUT2D eigenvalue weighted by Crippen LogP contribution is -2.64. The Morgan fingerprint density at radius 3 is 2.08 bits per heavy atom. The number of benzene rings is 2. The van der Waals surface area contributed by atoms with E-state index in [4.69, 9.17) is 32.8 Å². The summed E-state index contributed by atoms with van der Waals surface area (Å²) in [4.78, 5) is 0. The Labute approximate surface area is 292 Å². The van der Waals surface area contributed by atoms with Gasteiger partial charge in [-0.15, -0.1) is 0 Å². The van der Waals surface area contributed by atoms with E-state index in [1.165, 1.54) is 18.2 Å². The molecule has 6 rings (SSSR count). The maximum atomic E-state index is 11.4. The quantitative estimate of drug-likeness (QED) is 0.0753. The van der Waals surface area contributed by atoms with E-state index >= 15 is 0 Å². The molecule has 0 bridgehead atoms. The molecule has 20 nitrogen and oxygen atoms in total. The molecule has 0 unspecified atom stereocenters. The number of phenolic OH excluding ortho intramolecular Hbond substituents is 4. The highest BCUT2D eigenvalue weighted by Gasteiger charge is 2.52. The molecule has 3 fully saturated rings. The second-order valence-electron chi connectivity index (χ2n) is 12.5. The SMILES string of the molecule is OC[C@H]1O[C@@H](OC[C@H]2O[C@@H](Oc3cc4c(O)cc(O)cc4[o+]c3-c3ccc(O)c(O)c3)[C@H](O[C@@H]3OC[C@@H](O)[C@H](O)[C@H]3O)[C@@H](O)[C@H]2O)[C@H](O)[C@@H](O)[C@@H]1O. The average molecular weight is 744 g/mol. The van der Waals surface area contributed by atoms with Crippen LogP contribution in [0, 0.1) is 0 Å². The van der Waals surface area contributed by atoms with Crippen molar-refractivity contribution in [3.63, 3.8) is 0 Å². The van der Waals surface area contributed by atoms with Gasteiger partial charge in [-0.1, -0.05) is 0 Å². The van der Waals surface area contributed by atoms with Crippen molar-refractivity contribution in [1.82, 2.24) is 0 Å². The molecule has 4 heterocycles. The average Bonchev–Trinajstić information content (AvgIpc) is 3.11. The van der Waals surface area contributed by atoms with Crippen LogP contribution in [0.1, 0.15) is 0 Å². The van der Waals surface area contributed by atoms with E-state index in [2.05, 4.69) is 0 Å². The van der Waals surface area contributed by atoms with Crippen molar-refractivity contribution in [1.29, 1.82) is 0 Å². The van der Waals surface area contributed by atoms with Gasteiger partial charge >= 0.3 is 11.3 Å². The maximum Gasteiger partial charge on any atom is 0.402 e. The summed E-state index contributed by atoms with van der Waals surface area (Å²) in [5, 5.41) is 134. The van der Waals surface area contributed by atoms with Gasteiger partial charge in [0.05, 0.1) is 31.5 Å². The third kappa shape index (κ3) is 7.40. The normalized spacial score (nSPS) is 36.9. The predicted molar refractivity (Wildman–Crippen MR) is 166 cm³/mol. The van der Waals surface area contributed by atoms with Gasteiger partial charge in [0.2, 0.25) is 12.0 Å². The minimum atomic E-state index is -1.97. The van der Waals surface area contributed by atoms with Crippen LogP contribution in [-0.2, 0) is 23.7 Å². The van der Waals surface area contributed by atoms with Gasteiger partial charge in [0.15, 0.2) is 30.2 Å². The van der Waals surface area contributed by atoms with E-state index in [0.717, 1.165) is 18.2 Å². The Balaban J connectivity index is 1.36. The second kappa shape index (κ2) is 15.3. The van der Waals surface area contributed by atoms with Crippen molar-refractivity contribution in [2.24, 2.45) is 0 Å². The molecule has 0 aliphatic carbocycles. The third-order valence-electron chi connectivity index (χ3n) is 8.96. The zero-order chi connectivity index (χ0) is 37.6. The molecule has 52 heavy (non-hydrogen) atoms. The predicted octanol–water partition coefficient (Wildman–Crippen LogP) is -3.33. The molecule has 2 aromatic carbocycles. The first-order valence-electron chi connectivity index (χ1n) is 15.9. The molecule has 0 saturated carbocycles. The van der Waals surface area contributed by atoms with Crippen molar-refractivity contribution in [2.45, 2.75) is 86.0 Å². The number of aliphatic hydroxyl groups is 9. The fraction of sp³-hybridized carbons (Fsp3) is 0.531. The van der Waals surface area contributed by atoms with Crippen molar-refractivity contribution in [2.75, 3.05) is 19.8 Å². The lowest BCUT2D eigenvalue weighted by Gasteiger charge is -2.45. The van der Waals surface area contributed by atoms with Gasteiger partial charge in [0.25, 0.3) is 0 Å². The van der Waals surface area contributed by atoms with E-state index in [1.807, 2.05) is 0 Å². The van der Waals surface area contributed by atoms with Crippen LogP contribution in [0.4, 0.5) is 0 Å². The third-order valence-corrected chi connectivity index (χ3v) is 8.96. The highest BCUT2D eigenvalue weighted by Crippen LogP contribution is 2.42. The number of ether oxygens (including phenoxy) is 6. The zero-order valence-corrected chi connectivity index (χ0v) is 26.8. The van der Waals surface area contributed by atoms with Gasteiger partial charge < -0.3 is 94.8 Å². The van der Waals surface area contributed by atoms with Gasteiger partial charge in [0.1, 0.15) is 77.9 Å². The molecule has 0 amide bonds. The summed E-state index contributed by atoms with van der Waals surface area (Å²) >= 11 is 0. The van der Waals surface area contributed by atoms with Crippen LogP contribution in [0.15, 0.2) is 40.8 Å². The fourth-order valence-electron chi connectivity index (χ4n) is 5.99. The minimum absolute atomic E-state index is 0.0148. The molecule has 3 saturated heterocycles. The summed E-state index contributed by atoms with van der Waals surface area (Å²) in [5.74, 6) is -2.37. The van der Waals surface area contributed by atoms with Crippen LogP contribution in [-0.4, -0.2) is 172 Å². The van der Waals surface area contributed by atoms with Crippen LogP contribution < -0.4 is 4.74 Å². The van der Waals surface area contributed by atoms with Crippen LogP contribution in [0.25, 0.3) is 22.3 Å². The summed E-state index contributed by atoms with van der Waals surface area (Å²) in [6.45, 7) is -1.95. The van der Waals surface area contributed by atoms with E-state index in [9.17, 15) is 66.4 Å². The Morgan fingerprint density at radius 1 is 0.673 bits per heavy atom. The molecule has 20 heteroatoms. The van der Waals surface area contributed by atoms with E-state index in [-0.39, 0.29) is 33.8 Å². The zero-order valence-electron chi connectivity index (χ0n) is 26.8. The summed E-state index contributed by atoms with van der Waals surface area (Å²) in [6, 6.07) is 6.95. The van der Waals surface area contributed by atoms with E-state index in [0.29, 0.717) is 0 Å². The highest BCUT2D eigenvalue weighted by atomic mass is 16.8. The van der Waals surface area contributed by atoms with Gasteiger partial charge in [-0.25, -0.2) is 4.42 Å². The number of hydrogen-bond acceptors (Lipinski definition) is 19. The Bertz CT molecular complexity index is 1710. The molecule has 3 aromatic rings. The Hall–Kier alpha value is -3.71. The first kappa shape index (κ1) is 38.0. The fourth-order valence-corrected chi connectivity index (χ4v) is 5.99. The van der Waals surface area contributed by atoms with Crippen molar-refractivity contribution >= 4 is 11.0 Å². The molecule has 3 aliphatic heterocycles. The molecule has 0 radical (unpaired) electrons. The Kier molecular flexibility index (Phi) is 11.2. The largest absolute Gasteiger partial charge is 0.507 e. The van der Waals surface area contributed by atoms with Crippen molar-refractivity contribution < 1.29 is 99.2 Å². The first-order chi connectivity index (χ1) is 24.7. The van der Waals surface area contributed by atoms with E-state index < -0.39 is 123 Å². The van der Waals surface area contributed by atoms with Gasteiger partial charge in [-0.2, -0.15) is 0 Å². The number of phenols is 4. The van der Waals surface area contributed by atoms with Crippen LogP contribution in [0.3, 0.4) is 0 Å². The van der Waals surface area contributed by atoms with Gasteiger partial charge in [0, 0.05) is 18.2 Å². The monoisotopic (exact) mass is 743 g/mol. The lowest BCUT2D eigenvalue weighted by atomic mass is 9.98. The molecular weight excluding hydrogens is 704 g/mol. The van der Waals surface area contributed by atoms with Crippen LogP contribution in [0.5, 0.6) is 28.7 Å². The summed E-state index contributed by atoms with van der Waals surface area (Å²) in [5.41, 5.74) is 0.00635. The summed E-state index contributed by atoms with van der Waals surface area (Å²) < 4.78 is 40.0. The number of rotatable bonds is 9. The number of aliphatic hydroxyl groups excluding tert-OH is 9. The number of hydrogen-bond donors (Lipinski definition) is 13. The maximum absolute atomic E-state index is 11.4. The molecular formula is C32H39O20+. The van der Waals surface area contributed by atoms with Gasteiger partial charge in [-0.05, 0) is 12.1 Å². The highest BCUT2D eigenvalue weighted by molar-refractivity contribution is 5.88. The molecule has 14 atom stereocenters. The molecule has 1 aromatic heterocycles. The number of fused-ring (bicyclic) bond motifs is 1. The van der Waals surface area contributed by atoms with Gasteiger partial charge in [-0.3, -0.25) is 0 Å². The second-order valence-corrected chi connectivity index (χ2v) is 12.5. The topological polar surface area (TPSA) is 330 Å². The molecule has 0 spiro atoms. The molecule has 13 N–H and O–H groups in total.